The van der Waals surface area contributed by atoms with Gasteiger partial charge in [-0.05, 0) is 13.0 Å². The summed E-state index contributed by atoms with van der Waals surface area (Å²) in [5.74, 6) is 0.694. The van der Waals surface area contributed by atoms with Crippen molar-refractivity contribution in [2.75, 3.05) is 6.61 Å². The van der Waals surface area contributed by atoms with Crippen LogP contribution < -0.4 is 5.73 Å². The second-order valence-corrected chi connectivity index (χ2v) is 2.31. The van der Waals surface area contributed by atoms with Gasteiger partial charge in [-0.2, -0.15) is 0 Å². The molecule has 0 fully saturated rings. The molecule has 0 aromatic carbocycles. The Morgan fingerprint density at radius 3 is 3.08 bits per heavy atom. The third-order valence-electron chi connectivity index (χ3n) is 1.41. The maximum atomic E-state index is 5.42. The molecular formula is C8H13N3O. The van der Waals surface area contributed by atoms with Crippen LogP contribution in [0.4, 0.5) is 0 Å². The summed E-state index contributed by atoms with van der Waals surface area (Å²) in [6, 6.07) is 1.80. The molecule has 66 valence electrons. The lowest BCUT2D eigenvalue weighted by atomic mass is 10.4. The van der Waals surface area contributed by atoms with Gasteiger partial charge in [0.05, 0.1) is 5.69 Å². The third-order valence-corrected chi connectivity index (χ3v) is 1.41. The summed E-state index contributed by atoms with van der Waals surface area (Å²) in [5.41, 5.74) is 6.26. The van der Waals surface area contributed by atoms with Gasteiger partial charge in [0.2, 0.25) is 0 Å². The van der Waals surface area contributed by atoms with Crippen molar-refractivity contribution < 1.29 is 4.74 Å². The predicted octanol–water partition coefficient (Wildman–Crippen LogP) is 0.472. The van der Waals surface area contributed by atoms with E-state index >= 15 is 0 Å². The molecule has 0 amide bonds. The van der Waals surface area contributed by atoms with Crippen LogP contribution in [-0.2, 0) is 17.9 Å². The summed E-state index contributed by atoms with van der Waals surface area (Å²) in [5, 5.41) is 0. The van der Waals surface area contributed by atoms with Crippen LogP contribution >= 0.6 is 0 Å². The molecule has 0 aliphatic rings. The highest BCUT2D eigenvalue weighted by molar-refractivity contribution is 5.00. The van der Waals surface area contributed by atoms with Gasteiger partial charge in [0.25, 0.3) is 0 Å². The quantitative estimate of drug-likeness (QED) is 0.708. The molecule has 0 saturated heterocycles. The van der Waals surface area contributed by atoms with Crippen LogP contribution in [0.15, 0.2) is 12.3 Å². The summed E-state index contributed by atoms with van der Waals surface area (Å²) in [7, 11) is 0. The minimum atomic E-state index is 0.446. The number of rotatable bonds is 4. The molecule has 0 atom stereocenters. The number of aromatic nitrogens is 2. The minimum Gasteiger partial charge on any atom is -0.374 e. The van der Waals surface area contributed by atoms with Crippen molar-refractivity contribution in [2.24, 2.45) is 5.73 Å². The molecule has 0 aliphatic heterocycles. The van der Waals surface area contributed by atoms with Crippen molar-refractivity contribution in [1.29, 1.82) is 0 Å². The molecule has 1 aromatic heterocycles. The molecule has 4 heteroatoms. The summed E-state index contributed by atoms with van der Waals surface area (Å²) in [6.07, 6.45) is 1.70. The topological polar surface area (TPSA) is 61.0 Å². The summed E-state index contributed by atoms with van der Waals surface area (Å²) >= 11 is 0. The van der Waals surface area contributed by atoms with Crippen molar-refractivity contribution in [2.45, 2.75) is 20.1 Å². The fraction of sp³-hybridized carbons (Fsp3) is 0.500. The molecule has 0 unspecified atom stereocenters. The monoisotopic (exact) mass is 167 g/mol. The molecule has 0 bridgehead atoms. The van der Waals surface area contributed by atoms with E-state index in [0.717, 1.165) is 5.69 Å². The Bertz CT molecular complexity index is 239. The van der Waals surface area contributed by atoms with Gasteiger partial charge in [-0.15, -0.1) is 0 Å². The van der Waals surface area contributed by atoms with Gasteiger partial charge in [0.15, 0.2) is 5.82 Å². The molecular weight excluding hydrogens is 154 g/mol. The van der Waals surface area contributed by atoms with Crippen LogP contribution in [0, 0.1) is 0 Å². The van der Waals surface area contributed by atoms with E-state index in [1.54, 1.807) is 12.3 Å². The zero-order chi connectivity index (χ0) is 8.81. The van der Waals surface area contributed by atoms with Crippen molar-refractivity contribution in [3.63, 3.8) is 0 Å². The van der Waals surface area contributed by atoms with Crippen LogP contribution in [0.5, 0.6) is 0 Å². The van der Waals surface area contributed by atoms with Crippen LogP contribution in [-0.4, -0.2) is 16.6 Å². The third kappa shape index (κ3) is 2.56. The first-order valence-electron chi connectivity index (χ1n) is 3.95. The summed E-state index contributed by atoms with van der Waals surface area (Å²) in [4.78, 5) is 8.20. The van der Waals surface area contributed by atoms with E-state index in [2.05, 4.69) is 9.97 Å². The Hall–Kier alpha value is -1.00. The molecule has 1 aromatic rings. The first-order chi connectivity index (χ1) is 5.86. The molecule has 1 rings (SSSR count). The summed E-state index contributed by atoms with van der Waals surface area (Å²) < 4.78 is 5.15. The molecule has 0 aliphatic carbocycles. The Kier molecular flexibility index (Phi) is 3.63. The smallest absolute Gasteiger partial charge is 0.154 e. The van der Waals surface area contributed by atoms with E-state index in [9.17, 15) is 0 Å². The maximum Gasteiger partial charge on any atom is 0.154 e. The van der Waals surface area contributed by atoms with Crippen LogP contribution in [0.3, 0.4) is 0 Å². The Morgan fingerprint density at radius 2 is 2.42 bits per heavy atom. The Morgan fingerprint density at radius 1 is 1.58 bits per heavy atom. The second kappa shape index (κ2) is 4.79. The zero-order valence-electron chi connectivity index (χ0n) is 7.16. The number of nitrogens with two attached hydrogens (primary N) is 1. The SMILES string of the molecule is CCOCc1nccc(CN)n1. The van der Waals surface area contributed by atoms with Gasteiger partial charge in [-0.3, -0.25) is 0 Å². The summed E-state index contributed by atoms with van der Waals surface area (Å²) in [6.45, 7) is 3.52. The van der Waals surface area contributed by atoms with Gasteiger partial charge in [0.1, 0.15) is 6.61 Å². The lowest BCUT2D eigenvalue weighted by Gasteiger charge is -2.01. The number of hydrogen-bond donors (Lipinski definition) is 1. The largest absolute Gasteiger partial charge is 0.374 e. The molecule has 2 N–H and O–H groups in total. The van der Waals surface area contributed by atoms with Gasteiger partial charge in [0, 0.05) is 19.3 Å². The van der Waals surface area contributed by atoms with Gasteiger partial charge in [-0.1, -0.05) is 0 Å². The fourth-order valence-electron chi connectivity index (χ4n) is 0.818. The van der Waals surface area contributed by atoms with Crippen LogP contribution in [0.1, 0.15) is 18.4 Å². The molecule has 4 nitrogen and oxygen atoms in total. The van der Waals surface area contributed by atoms with Gasteiger partial charge in [-0.25, -0.2) is 9.97 Å². The molecule has 0 radical (unpaired) electrons. The lowest BCUT2D eigenvalue weighted by molar-refractivity contribution is 0.128. The zero-order valence-corrected chi connectivity index (χ0v) is 7.16. The average molecular weight is 167 g/mol. The van der Waals surface area contributed by atoms with Crippen molar-refractivity contribution in [1.82, 2.24) is 9.97 Å². The van der Waals surface area contributed by atoms with Crippen LogP contribution in [0.25, 0.3) is 0 Å². The highest BCUT2D eigenvalue weighted by atomic mass is 16.5. The van der Waals surface area contributed by atoms with E-state index in [1.807, 2.05) is 6.92 Å². The second-order valence-electron chi connectivity index (χ2n) is 2.31. The van der Waals surface area contributed by atoms with Crippen molar-refractivity contribution >= 4 is 0 Å². The lowest BCUT2D eigenvalue weighted by Crippen LogP contribution is -2.05. The van der Waals surface area contributed by atoms with Crippen LogP contribution in [0.2, 0.25) is 0 Å². The Balaban J connectivity index is 2.60. The van der Waals surface area contributed by atoms with Gasteiger partial charge >= 0.3 is 0 Å². The standard InChI is InChI=1S/C8H13N3O/c1-2-12-6-8-10-4-3-7(5-9)11-8/h3-4H,2,5-6,9H2,1H3. The van der Waals surface area contributed by atoms with Gasteiger partial charge < -0.3 is 10.5 Å². The molecule has 0 spiro atoms. The average Bonchev–Trinajstić information content (AvgIpc) is 2.15. The predicted molar refractivity (Wildman–Crippen MR) is 45.3 cm³/mol. The molecule has 0 saturated carbocycles. The van der Waals surface area contributed by atoms with E-state index in [0.29, 0.717) is 25.6 Å². The minimum absolute atomic E-state index is 0.446. The normalized spacial score (nSPS) is 10.2. The first kappa shape index (κ1) is 9.09. The van der Waals surface area contributed by atoms with E-state index < -0.39 is 0 Å². The molecule has 12 heavy (non-hydrogen) atoms. The van der Waals surface area contributed by atoms with Crippen molar-refractivity contribution in [3.8, 4) is 0 Å². The fourth-order valence-corrected chi connectivity index (χ4v) is 0.818. The van der Waals surface area contributed by atoms with E-state index in [4.69, 9.17) is 10.5 Å². The van der Waals surface area contributed by atoms with Crippen molar-refractivity contribution in [3.05, 3.63) is 23.8 Å². The number of ether oxygens (including phenoxy) is 1. The first-order valence-corrected chi connectivity index (χ1v) is 3.95. The molecule has 1 heterocycles. The highest BCUT2D eigenvalue weighted by Gasteiger charge is 1.96. The van der Waals surface area contributed by atoms with E-state index in [1.165, 1.54) is 0 Å². The highest BCUT2D eigenvalue weighted by Crippen LogP contribution is 1.95. The number of nitrogens with zero attached hydrogens (tertiary/aromatic N) is 2. The van der Waals surface area contributed by atoms with E-state index in [-0.39, 0.29) is 0 Å². The maximum absolute atomic E-state index is 5.42. The Labute approximate surface area is 71.8 Å². The number of hydrogen-bond acceptors (Lipinski definition) is 4.